The van der Waals surface area contributed by atoms with Gasteiger partial charge in [-0.2, -0.15) is 5.10 Å². The van der Waals surface area contributed by atoms with Crippen LogP contribution in [0.2, 0.25) is 5.02 Å². The van der Waals surface area contributed by atoms with E-state index in [0.29, 0.717) is 40.2 Å². The molecule has 0 bridgehead atoms. The lowest BCUT2D eigenvalue weighted by Gasteiger charge is -2.38. The fraction of sp³-hybridized carbons (Fsp3) is 0.519. The molecule has 1 saturated heterocycles. The first-order valence-corrected chi connectivity index (χ1v) is 13.7. The number of anilines is 1. The molecule has 0 aromatic carbocycles. The zero-order valence-electron chi connectivity index (χ0n) is 21.5. The van der Waals surface area contributed by atoms with Crippen molar-refractivity contribution in [2.45, 2.75) is 70.9 Å². The fourth-order valence-corrected chi connectivity index (χ4v) is 6.80. The maximum atomic E-state index is 11.8. The Labute approximate surface area is 220 Å². The highest BCUT2D eigenvalue weighted by Crippen LogP contribution is 2.43. The number of pyridine rings is 2. The molecule has 2 aliphatic rings. The number of halogens is 1. The first kappa shape index (κ1) is 24.2. The number of rotatable bonds is 5. The lowest BCUT2D eigenvalue weighted by Crippen LogP contribution is -2.43. The van der Waals surface area contributed by atoms with Crippen molar-refractivity contribution in [2.24, 2.45) is 18.9 Å². The van der Waals surface area contributed by atoms with Crippen LogP contribution in [0.3, 0.4) is 0 Å². The molecule has 0 amide bonds. The molecule has 2 fully saturated rings. The highest BCUT2D eigenvalue weighted by atomic mass is 35.5. The van der Waals surface area contributed by atoms with Gasteiger partial charge in [0.2, 0.25) is 5.95 Å². The molecule has 10 heteroatoms. The molecule has 1 aliphatic carbocycles. The van der Waals surface area contributed by atoms with E-state index in [9.17, 15) is 4.79 Å². The van der Waals surface area contributed by atoms with Crippen LogP contribution in [0, 0.1) is 11.8 Å². The summed E-state index contributed by atoms with van der Waals surface area (Å²) in [5, 5.41) is 7.08. The Balaban J connectivity index is 1.53. The summed E-state index contributed by atoms with van der Waals surface area (Å²) in [4.78, 5) is 31.6. The van der Waals surface area contributed by atoms with E-state index in [4.69, 9.17) is 21.6 Å². The van der Waals surface area contributed by atoms with Gasteiger partial charge in [0.05, 0.1) is 21.7 Å². The van der Waals surface area contributed by atoms with Gasteiger partial charge in [-0.1, -0.05) is 38.3 Å². The largest absolute Gasteiger partial charge is 0.340 e. The molecule has 4 aromatic heterocycles. The normalized spacial score (nSPS) is 24.3. The van der Waals surface area contributed by atoms with Gasteiger partial charge in [-0.3, -0.25) is 9.97 Å². The molecule has 1 saturated carbocycles. The average Bonchev–Trinajstić information content (AvgIpc) is 3.60. The molecule has 4 aromatic rings. The molecule has 0 spiro atoms. The van der Waals surface area contributed by atoms with Crippen LogP contribution < -0.4 is 10.6 Å². The molecule has 194 valence electrons. The minimum atomic E-state index is -0.378. The number of aromatic amines is 2. The Morgan fingerprint density at radius 3 is 2.73 bits per heavy atom. The second-order valence-corrected chi connectivity index (χ2v) is 11.2. The predicted octanol–water partition coefficient (Wildman–Crippen LogP) is 5.34. The van der Waals surface area contributed by atoms with Gasteiger partial charge in [-0.25, -0.2) is 19.9 Å². The van der Waals surface area contributed by atoms with E-state index < -0.39 is 0 Å². The number of nitrogens with one attached hydrogen (secondary N) is 2. The van der Waals surface area contributed by atoms with Gasteiger partial charge in [0.1, 0.15) is 5.69 Å². The zero-order valence-corrected chi connectivity index (χ0v) is 22.3. The third-order valence-electron chi connectivity index (χ3n) is 8.32. The topological polar surface area (TPSA) is 108 Å². The van der Waals surface area contributed by atoms with Crippen LogP contribution in [0.1, 0.15) is 58.8 Å². The minimum Gasteiger partial charge on any atom is -0.336 e. The van der Waals surface area contributed by atoms with Gasteiger partial charge in [-0.05, 0) is 56.1 Å². The number of aromatic nitrogens is 7. The fourth-order valence-electron chi connectivity index (χ4n) is 6.63. The van der Waals surface area contributed by atoms with Crippen molar-refractivity contribution in [1.29, 1.82) is 0 Å². The van der Waals surface area contributed by atoms with Crippen LogP contribution >= 0.6 is 11.6 Å². The summed E-state index contributed by atoms with van der Waals surface area (Å²) in [6.45, 7) is 4.68. The zero-order chi connectivity index (χ0) is 25.7. The molecule has 4 atom stereocenters. The average molecular weight is 521 g/mol. The number of H-pyrrole nitrogens is 2. The van der Waals surface area contributed by atoms with Crippen molar-refractivity contribution in [3.8, 4) is 22.8 Å². The van der Waals surface area contributed by atoms with Crippen molar-refractivity contribution in [1.82, 2.24) is 34.7 Å². The number of hydrogen-bond donors (Lipinski definition) is 2. The van der Waals surface area contributed by atoms with Gasteiger partial charge in [0, 0.05) is 37.1 Å². The molecule has 4 unspecified atom stereocenters. The van der Waals surface area contributed by atoms with E-state index in [2.05, 4.69) is 50.5 Å². The van der Waals surface area contributed by atoms with Gasteiger partial charge in [0.25, 0.3) is 0 Å². The molecule has 0 radical (unpaired) electrons. The Hall–Kier alpha value is -3.20. The SMILES string of the molecule is CCC1CCC(C2CCCC(C)C2)N1c1nc2cc(-c3n[nH]c(=O)[nH]3)nc(-c3cncc(Cl)c3)c2n1C. The maximum absolute atomic E-state index is 11.8. The standard InChI is InChI=1S/C27H33ClN8O/c1-4-19-8-9-22(16-7-5-6-15(2)10-16)36(19)27-31-20-12-21(25-32-26(37)34-33-25)30-23(24(20)35(27)3)17-11-18(28)14-29-13-17/h11-16,19,22H,4-10H2,1-3H3,(H2,32,33,34,37). The van der Waals surface area contributed by atoms with Crippen LogP contribution in [0.5, 0.6) is 0 Å². The van der Waals surface area contributed by atoms with Gasteiger partial charge in [-0.15, -0.1) is 0 Å². The predicted molar refractivity (Wildman–Crippen MR) is 146 cm³/mol. The van der Waals surface area contributed by atoms with E-state index >= 15 is 0 Å². The molecular weight excluding hydrogens is 488 g/mol. The molecule has 2 N–H and O–H groups in total. The Bertz CT molecular complexity index is 1490. The quantitative estimate of drug-likeness (QED) is 0.368. The third-order valence-corrected chi connectivity index (χ3v) is 8.53. The lowest BCUT2D eigenvalue weighted by atomic mass is 9.78. The highest BCUT2D eigenvalue weighted by Gasteiger charge is 2.40. The molecule has 9 nitrogen and oxygen atoms in total. The Morgan fingerprint density at radius 1 is 1.14 bits per heavy atom. The molecule has 37 heavy (non-hydrogen) atoms. The van der Waals surface area contributed by atoms with Crippen molar-refractivity contribution >= 4 is 28.6 Å². The van der Waals surface area contributed by atoms with Gasteiger partial charge in [0.15, 0.2) is 5.82 Å². The minimum absolute atomic E-state index is 0.372. The van der Waals surface area contributed by atoms with Crippen LogP contribution in [-0.2, 0) is 7.05 Å². The number of nitrogens with zero attached hydrogens (tertiary/aromatic N) is 6. The van der Waals surface area contributed by atoms with E-state index in [1.807, 2.05) is 12.1 Å². The summed E-state index contributed by atoms with van der Waals surface area (Å²) in [7, 11) is 2.08. The second kappa shape index (κ2) is 9.59. The summed E-state index contributed by atoms with van der Waals surface area (Å²) in [5.41, 5.74) is 3.38. The summed E-state index contributed by atoms with van der Waals surface area (Å²) in [6.07, 6.45) is 12.1. The number of aryl methyl sites for hydroxylation is 1. The van der Waals surface area contributed by atoms with Crippen LogP contribution in [0.25, 0.3) is 33.8 Å². The van der Waals surface area contributed by atoms with Crippen molar-refractivity contribution < 1.29 is 0 Å². The second-order valence-electron chi connectivity index (χ2n) is 10.8. The number of hydrogen-bond acceptors (Lipinski definition) is 6. The Morgan fingerprint density at radius 2 is 2.00 bits per heavy atom. The van der Waals surface area contributed by atoms with Crippen LogP contribution in [-0.4, -0.2) is 46.8 Å². The highest BCUT2D eigenvalue weighted by molar-refractivity contribution is 6.30. The van der Waals surface area contributed by atoms with E-state index in [-0.39, 0.29) is 5.69 Å². The van der Waals surface area contributed by atoms with E-state index in [1.54, 1.807) is 12.4 Å². The maximum Gasteiger partial charge on any atom is 0.340 e. The molecular formula is C27H33ClN8O. The van der Waals surface area contributed by atoms with Crippen LogP contribution in [0.4, 0.5) is 5.95 Å². The van der Waals surface area contributed by atoms with Crippen LogP contribution in [0.15, 0.2) is 29.3 Å². The third kappa shape index (κ3) is 4.33. The monoisotopic (exact) mass is 520 g/mol. The summed E-state index contributed by atoms with van der Waals surface area (Å²) < 4.78 is 2.18. The number of fused-ring (bicyclic) bond motifs is 1. The first-order valence-electron chi connectivity index (χ1n) is 13.3. The number of imidazole rings is 1. The molecule has 5 heterocycles. The van der Waals surface area contributed by atoms with Crippen molar-refractivity contribution in [3.05, 3.63) is 40.0 Å². The summed E-state index contributed by atoms with van der Waals surface area (Å²) in [6, 6.07) is 4.72. The van der Waals surface area contributed by atoms with Gasteiger partial charge < -0.3 is 9.47 Å². The smallest absolute Gasteiger partial charge is 0.336 e. The summed E-state index contributed by atoms with van der Waals surface area (Å²) in [5.74, 6) is 2.83. The van der Waals surface area contributed by atoms with E-state index in [1.165, 1.54) is 38.5 Å². The van der Waals surface area contributed by atoms with Crippen molar-refractivity contribution in [2.75, 3.05) is 4.90 Å². The lowest BCUT2D eigenvalue weighted by molar-refractivity contribution is 0.244. The van der Waals surface area contributed by atoms with E-state index in [0.717, 1.165) is 34.9 Å². The summed E-state index contributed by atoms with van der Waals surface area (Å²) >= 11 is 6.32. The molecule has 1 aliphatic heterocycles. The first-order chi connectivity index (χ1) is 17.9. The molecule has 6 rings (SSSR count). The Kier molecular flexibility index (Phi) is 6.26. The van der Waals surface area contributed by atoms with Crippen molar-refractivity contribution in [3.63, 3.8) is 0 Å². The van der Waals surface area contributed by atoms with Gasteiger partial charge >= 0.3 is 5.69 Å².